The highest BCUT2D eigenvalue weighted by molar-refractivity contribution is 7.99. The highest BCUT2D eigenvalue weighted by Crippen LogP contribution is 2.27. The molecule has 0 aromatic heterocycles. The number of nitrogens with one attached hydrogen (secondary N) is 1. The van der Waals surface area contributed by atoms with E-state index in [1.54, 1.807) is 0 Å². The summed E-state index contributed by atoms with van der Waals surface area (Å²) in [7, 11) is 0. The van der Waals surface area contributed by atoms with E-state index in [4.69, 9.17) is 0 Å². The molecule has 2 heteroatoms. The molecule has 2 unspecified atom stereocenters. The molecule has 0 spiro atoms. The van der Waals surface area contributed by atoms with Crippen LogP contribution >= 0.6 is 11.8 Å². The Morgan fingerprint density at radius 1 is 1.64 bits per heavy atom. The van der Waals surface area contributed by atoms with Crippen molar-refractivity contribution in [2.45, 2.75) is 30.6 Å². The fraction of sp³-hybridized carbons (Fsp3) is 0.778. The van der Waals surface area contributed by atoms with Crippen LogP contribution in [0.5, 0.6) is 0 Å². The molecule has 0 heterocycles. The topological polar surface area (TPSA) is 12.0 Å². The Morgan fingerprint density at radius 3 is 3.09 bits per heavy atom. The van der Waals surface area contributed by atoms with Crippen molar-refractivity contribution in [1.29, 1.82) is 0 Å². The molecular weight excluding hydrogens is 154 g/mol. The molecule has 64 valence electrons. The SMILES string of the molecule is C=CCNC1CCCC1SC. The fourth-order valence-electron chi connectivity index (χ4n) is 1.68. The van der Waals surface area contributed by atoms with Crippen molar-refractivity contribution in [3.05, 3.63) is 12.7 Å². The third kappa shape index (κ3) is 2.53. The second-order valence-corrected chi connectivity index (χ2v) is 4.09. The van der Waals surface area contributed by atoms with Crippen molar-refractivity contribution in [2.75, 3.05) is 12.8 Å². The van der Waals surface area contributed by atoms with Crippen LogP contribution < -0.4 is 5.32 Å². The van der Waals surface area contributed by atoms with Crippen LogP contribution in [0.4, 0.5) is 0 Å². The predicted molar refractivity (Wildman–Crippen MR) is 53.1 cm³/mol. The highest BCUT2D eigenvalue weighted by atomic mass is 32.2. The monoisotopic (exact) mass is 171 g/mol. The van der Waals surface area contributed by atoms with E-state index in [9.17, 15) is 0 Å². The van der Waals surface area contributed by atoms with Gasteiger partial charge in [-0.1, -0.05) is 12.5 Å². The summed E-state index contributed by atoms with van der Waals surface area (Å²) in [6.45, 7) is 4.66. The molecule has 0 aromatic rings. The van der Waals surface area contributed by atoms with Gasteiger partial charge in [-0.3, -0.25) is 0 Å². The summed E-state index contributed by atoms with van der Waals surface area (Å²) in [5.41, 5.74) is 0. The summed E-state index contributed by atoms with van der Waals surface area (Å²) >= 11 is 1.99. The normalized spacial score (nSPS) is 30.6. The molecule has 1 nitrogen and oxygen atoms in total. The minimum absolute atomic E-state index is 0.739. The van der Waals surface area contributed by atoms with Gasteiger partial charge < -0.3 is 5.32 Å². The molecule has 0 aliphatic heterocycles. The Morgan fingerprint density at radius 2 is 2.45 bits per heavy atom. The average molecular weight is 171 g/mol. The molecule has 1 aliphatic rings. The minimum atomic E-state index is 0.739. The summed E-state index contributed by atoms with van der Waals surface area (Å²) < 4.78 is 0. The first-order valence-corrected chi connectivity index (χ1v) is 5.54. The Hall–Kier alpha value is 0.0500. The van der Waals surface area contributed by atoms with Gasteiger partial charge in [0, 0.05) is 17.8 Å². The smallest absolute Gasteiger partial charge is 0.0198 e. The Labute approximate surface area is 73.6 Å². The number of rotatable bonds is 4. The van der Waals surface area contributed by atoms with Crippen LogP contribution in [0.15, 0.2) is 12.7 Å². The third-order valence-corrected chi connectivity index (χ3v) is 3.45. The largest absolute Gasteiger partial charge is 0.309 e. The van der Waals surface area contributed by atoms with Crippen LogP contribution in [0.3, 0.4) is 0 Å². The molecule has 0 bridgehead atoms. The molecule has 0 saturated heterocycles. The van der Waals surface area contributed by atoms with E-state index in [0.717, 1.165) is 17.8 Å². The minimum Gasteiger partial charge on any atom is -0.309 e. The zero-order chi connectivity index (χ0) is 8.10. The quantitative estimate of drug-likeness (QED) is 0.650. The number of thioether (sulfide) groups is 1. The number of hydrogen-bond donors (Lipinski definition) is 1. The molecule has 1 fully saturated rings. The molecule has 1 saturated carbocycles. The first-order valence-electron chi connectivity index (χ1n) is 4.25. The van der Waals surface area contributed by atoms with E-state index in [-0.39, 0.29) is 0 Å². The van der Waals surface area contributed by atoms with Crippen LogP contribution in [-0.4, -0.2) is 24.1 Å². The van der Waals surface area contributed by atoms with Gasteiger partial charge in [-0.2, -0.15) is 11.8 Å². The van der Waals surface area contributed by atoms with Crippen molar-refractivity contribution in [1.82, 2.24) is 5.32 Å². The summed E-state index contributed by atoms with van der Waals surface area (Å²) in [4.78, 5) is 0. The Balaban J connectivity index is 2.25. The Bertz CT molecular complexity index is 125. The van der Waals surface area contributed by atoms with Crippen LogP contribution in [0.25, 0.3) is 0 Å². The molecule has 2 atom stereocenters. The van der Waals surface area contributed by atoms with Crippen molar-refractivity contribution in [2.24, 2.45) is 0 Å². The van der Waals surface area contributed by atoms with Gasteiger partial charge in [0.05, 0.1) is 0 Å². The molecule has 1 N–H and O–H groups in total. The van der Waals surface area contributed by atoms with Gasteiger partial charge in [0.1, 0.15) is 0 Å². The summed E-state index contributed by atoms with van der Waals surface area (Å²) in [5, 5.41) is 4.34. The van der Waals surface area contributed by atoms with E-state index in [1.807, 2.05) is 17.8 Å². The van der Waals surface area contributed by atoms with Gasteiger partial charge in [0.2, 0.25) is 0 Å². The lowest BCUT2D eigenvalue weighted by Gasteiger charge is -2.17. The summed E-state index contributed by atoms with van der Waals surface area (Å²) in [5.74, 6) is 0. The first kappa shape index (κ1) is 9.14. The lowest BCUT2D eigenvalue weighted by Crippen LogP contribution is -2.33. The summed E-state index contributed by atoms with van der Waals surface area (Å²) in [6.07, 6.45) is 8.27. The highest BCUT2D eigenvalue weighted by Gasteiger charge is 2.24. The van der Waals surface area contributed by atoms with Crippen LogP contribution in [0.1, 0.15) is 19.3 Å². The van der Waals surface area contributed by atoms with Gasteiger partial charge in [0.25, 0.3) is 0 Å². The molecule has 0 radical (unpaired) electrons. The van der Waals surface area contributed by atoms with Gasteiger partial charge >= 0.3 is 0 Å². The third-order valence-electron chi connectivity index (χ3n) is 2.28. The van der Waals surface area contributed by atoms with Crippen molar-refractivity contribution in [3.63, 3.8) is 0 Å². The second-order valence-electron chi connectivity index (χ2n) is 3.01. The lowest BCUT2D eigenvalue weighted by molar-refractivity contribution is 0.566. The van der Waals surface area contributed by atoms with Crippen LogP contribution in [0, 0.1) is 0 Å². The van der Waals surface area contributed by atoms with E-state index >= 15 is 0 Å². The molecule has 11 heavy (non-hydrogen) atoms. The van der Waals surface area contributed by atoms with Crippen molar-refractivity contribution < 1.29 is 0 Å². The summed E-state index contributed by atoms with van der Waals surface area (Å²) in [6, 6.07) is 0.739. The molecule has 0 aromatic carbocycles. The van der Waals surface area contributed by atoms with Crippen LogP contribution in [0.2, 0.25) is 0 Å². The maximum atomic E-state index is 3.70. The predicted octanol–water partition coefficient (Wildman–Crippen LogP) is 2.05. The first-order chi connectivity index (χ1) is 5.38. The lowest BCUT2D eigenvalue weighted by atomic mass is 10.2. The molecule has 1 aliphatic carbocycles. The van der Waals surface area contributed by atoms with Gasteiger partial charge in [0.15, 0.2) is 0 Å². The zero-order valence-electron chi connectivity index (χ0n) is 7.18. The van der Waals surface area contributed by atoms with Crippen molar-refractivity contribution >= 4 is 11.8 Å². The van der Waals surface area contributed by atoms with E-state index in [1.165, 1.54) is 19.3 Å². The fourth-order valence-corrected chi connectivity index (χ4v) is 2.64. The molecule has 1 rings (SSSR count). The molecular formula is C9H17NS. The van der Waals surface area contributed by atoms with Gasteiger partial charge in [-0.15, -0.1) is 6.58 Å². The zero-order valence-corrected chi connectivity index (χ0v) is 7.99. The van der Waals surface area contributed by atoms with Gasteiger partial charge in [-0.25, -0.2) is 0 Å². The van der Waals surface area contributed by atoms with Crippen LogP contribution in [-0.2, 0) is 0 Å². The second kappa shape index (κ2) is 4.83. The molecule has 0 amide bonds. The average Bonchev–Trinajstić information content (AvgIpc) is 2.47. The van der Waals surface area contributed by atoms with Crippen molar-refractivity contribution in [3.8, 4) is 0 Å². The van der Waals surface area contributed by atoms with Gasteiger partial charge in [-0.05, 0) is 19.1 Å². The standard InChI is InChI=1S/C9H17NS/c1-3-7-10-8-5-4-6-9(8)11-2/h3,8-10H,1,4-7H2,2H3. The van der Waals surface area contributed by atoms with E-state index in [2.05, 4.69) is 18.2 Å². The Kier molecular flexibility index (Phi) is 4.02. The maximum absolute atomic E-state index is 3.70. The van der Waals surface area contributed by atoms with E-state index in [0.29, 0.717) is 0 Å². The van der Waals surface area contributed by atoms with E-state index < -0.39 is 0 Å². The number of hydrogen-bond acceptors (Lipinski definition) is 2. The maximum Gasteiger partial charge on any atom is 0.0198 e.